The van der Waals surface area contributed by atoms with Gasteiger partial charge in [-0.1, -0.05) is 179 Å². The van der Waals surface area contributed by atoms with Crippen molar-refractivity contribution in [2.24, 2.45) is 0 Å². The number of carbonyl (C=O) groups is 2. The molecule has 0 saturated carbocycles. The third kappa shape index (κ3) is 33.4. The average Bonchev–Trinajstić information content (AvgIpc) is 3.29. The van der Waals surface area contributed by atoms with E-state index in [0.717, 1.165) is 70.6 Å². The normalized spacial score (nSPS) is 20.1. The molecule has 1 saturated heterocycles. The van der Waals surface area contributed by atoms with Gasteiger partial charge in [-0.05, 0) is 70.6 Å². The Hall–Kier alpha value is -2.12. The second kappa shape index (κ2) is 43.5. The molecule has 1 amide bonds. The van der Waals surface area contributed by atoms with Crippen LogP contribution in [0.15, 0.2) is 36.5 Å². The van der Waals surface area contributed by atoms with E-state index in [4.69, 9.17) is 14.2 Å². The molecule has 0 bridgehead atoms. The van der Waals surface area contributed by atoms with Crippen LogP contribution < -0.4 is 5.32 Å². The minimum Gasteiger partial charge on any atom is -0.466 e. The first-order valence-corrected chi connectivity index (χ1v) is 26.3. The van der Waals surface area contributed by atoms with E-state index in [1.54, 1.807) is 6.08 Å². The van der Waals surface area contributed by atoms with E-state index in [-0.39, 0.29) is 18.5 Å². The first-order chi connectivity index (χ1) is 31.2. The molecule has 0 aromatic heterocycles. The largest absolute Gasteiger partial charge is 0.466 e. The lowest BCUT2D eigenvalue weighted by Crippen LogP contribution is -2.60. The van der Waals surface area contributed by atoms with Crippen molar-refractivity contribution in [2.45, 2.75) is 269 Å². The van der Waals surface area contributed by atoms with Crippen molar-refractivity contribution in [1.29, 1.82) is 0 Å². The van der Waals surface area contributed by atoms with Crippen LogP contribution in [-0.4, -0.2) is 100 Å². The predicted octanol–water partition coefficient (Wildman–Crippen LogP) is 10.8. The van der Waals surface area contributed by atoms with Crippen molar-refractivity contribution in [1.82, 2.24) is 5.32 Å². The van der Waals surface area contributed by atoms with Crippen molar-refractivity contribution in [3.63, 3.8) is 0 Å². The van der Waals surface area contributed by atoms with Crippen LogP contribution in [0.25, 0.3) is 0 Å². The summed E-state index contributed by atoms with van der Waals surface area (Å²) in [7, 11) is 0. The number of amides is 1. The van der Waals surface area contributed by atoms with Gasteiger partial charge in [-0.15, -0.1) is 0 Å². The van der Waals surface area contributed by atoms with Crippen LogP contribution in [0.3, 0.4) is 0 Å². The summed E-state index contributed by atoms with van der Waals surface area (Å²) in [5, 5.41) is 54.0. The van der Waals surface area contributed by atoms with Gasteiger partial charge in [0.2, 0.25) is 5.91 Å². The van der Waals surface area contributed by atoms with Gasteiger partial charge in [0.1, 0.15) is 24.4 Å². The molecule has 0 aromatic rings. The third-order valence-corrected chi connectivity index (χ3v) is 12.2. The van der Waals surface area contributed by atoms with E-state index >= 15 is 0 Å². The van der Waals surface area contributed by atoms with Gasteiger partial charge in [0.25, 0.3) is 0 Å². The van der Waals surface area contributed by atoms with E-state index in [9.17, 15) is 35.1 Å². The number of carbonyl (C=O) groups excluding carboxylic acids is 2. The second-order valence-corrected chi connectivity index (χ2v) is 18.2. The second-order valence-electron chi connectivity index (χ2n) is 18.2. The number of rotatable bonds is 44. The smallest absolute Gasteiger partial charge is 0.305 e. The Balaban J connectivity index is 2.11. The highest BCUT2D eigenvalue weighted by atomic mass is 16.7. The van der Waals surface area contributed by atoms with Crippen LogP contribution in [0.4, 0.5) is 0 Å². The minimum absolute atomic E-state index is 0.0339. The standard InChI is InChI=1S/C53H97NO10/c1-3-5-7-9-11-13-14-17-21-25-29-33-37-41-49(58)62-42-38-34-30-26-22-19-16-15-18-20-24-28-32-36-40-48(57)54-45(46(56)39-35-31-27-23-12-10-8-6-4-2)44-63-53-52(61)51(60)50(59)47(43-55)64-53/h12-14,23,35,39,45-47,50-53,55-56,59-61H,3-11,15-22,24-34,36-38,40-44H2,1-2H3,(H,54,57)/b14-13-,23-12+,39-35+. The third-order valence-electron chi connectivity index (χ3n) is 12.2. The molecule has 0 spiro atoms. The summed E-state index contributed by atoms with van der Waals surface area (Å²) >= 11 is 0. The van der Waals surface area contributed by atoms with Crippen molar-refractivity contribution in [2.75, 3.05) is 19.8 Å². The zero-order valence-corrected chi connectivity index (χ0v) is 40.7. The fourth-order valence-electron chi connectivity index (χ4n) is 7.97. The molecule has 7 unspecified atom stereocenters. The van der Waals surface area contributed by atoms with Crippen LogP contribution in [0.2, 0.25) is 0 Å². The van der Waals surface area contributed by atoms with E-state index in [0.29, 0.717) is 19.4 Å². The van der Waals surface area contributed by atoms with Crippen LogP contribution >= 0.6 is 0 Å². The molecule has 11 heteroatoms. The summed E-state index contributed by atoms with van der Waals surface area (Å²) in [5.74, 6) is -0.240. The lowest BCUT2D eigenvalue weighted by Gasteiger charge is -2.40. The molecule has 64 heavy (non-hydrogen) atoms. The Morgan fingerprint density at radius 2 is 1.02 bits per heavy atom. The summed E-state index contributed by atoms with van der Waals surface area (Å²) in [4.78, 5) is 25.0. The molecule has 1 fully saturated rings. The van der Waals surface area contributed by atoms with Crippen molar-refractivity contribution < 1.29 is 49.3 Å². The number of ether oxygens (including phenoxy) is 3. The Labute approximate surface area is 390 Å². The van der Waals surface area contributed by atoms with E-state index in [1.807, 2.05) is 6.08 Å². The molecule has 1 heterocycles. The molecule has 1 rings (SSSR count). The van der Waals surface area contributed by atoms with Crippen LogP contribution in [-0.2, 0) is 23.8 Å². The fourth-order valence-corrected chi connectivity index (χ4v) is 7.97. The Bertz CT molecular complexity index is 1160. The lowest BCUT2D eigenvalue weighted by atomic mass is 9.99. The molecule has 0 aromatic carbocycles. The highest BCUT2D eigenvalue weighted by Gasteiger charge is 2.44. The van der Waals surface area contributed by atoms with Crippen molar-refractivity contribution in [3.8, 4) is 0 Å². The fraction of sp³-hybridized carbons (Fsp3) is 0.849. The minimum atomic E-state index is -1.58. The zero-order valence-electron chi connectivity index (χ0n) is 40.7. The van der Waals surface area contributed by atoms with Gasteiger partial charge in [-0.3, -0.25) is 9.59 Å². The monoisotopic (exact) mass is 908 g/mol. The maximum atomic E-state index is 12.9. The summed E-state index contributed by atoms with van der Waals surface area (Å²) in [6, 6.07) is -0.834. The average molecular weight is 908 g/mol. The molecular formula is C53H97NO10. The Kier molecular flexibility index (Phi) is 40.7. The van der Waals surface area contributed by atoms with Crippen LogP contribution in [0.5, 0.6) is 0 Å². The molecule has 0 aliphatic carbocycles. The van der Waals surface area contributed by atoms with Gasteiger partial charge < -0.3 is 45.1 Å². The van der Waals surface area contributed by atoms with E-state index in [1.165, 1.54) is 128 Å². The predicted molar refractivity (Wildman–Crippen MR) is 260 cm³/mol. The number of hydrogen-bond acceptors (Lipinski definition) is 10. The first-order valence-electron chi connectivity index (χ1n) is 26.3. The molecule has 374 valence electrons. The van der Waals surface area contributed by atoms with Crippen LogP contribution in [0.1, 0.15) is 226 Å². The highest BCUT2D eigenvalue weighted by molar-refractivity contribution is 5.76. The summed E-state index contributed by atoms with van der Waals surface area (Å²) in [6.45, 7) is 4.20. The number of aliphatic hydroxyl groups is 5. The molecular weight excluding hydrogens is 811 g/mol. The van der Waals surface area contributed by atoms with Crippen molar-refractivity contribution in [3.05, 3.63) is 36.5 Å². The van der Waals surface area contributed by atoms with Crippen LogP contribution in [0, 0.1) is 0 Å². The molecule has 0 radical (unpaired) electrons. The summed E-state index contributed by atoms with van der Waals surface area (Å²) in [5.41, 5.74) is 0. The van der Waals surface area contributed by atoms with Gasteiger partial charge in [-0.25, -0.2) is 0 Å². The molecule has 1 aliphatic heterocycles. The maximum Gasteiger partial charge on any atom is 0.305 e. The Morgan fingerprint density at radius 1 is 0.562 bits per heavy atom. The number of hydrogen-bond donors (Lipinski definition) is 6. The van der Waals surface area contributed by atoms with E-state index in [2.05, 4.69) is 43.5 Å². The summed E-state index contributed by atoms with van der Waals surface area (Å²) < 4.78 is 16.6. The van der Waals surface area contributed by atoms with Gasteiger partial charge in [0.05, 0.1) is 32.0 Å². The summed E-state index contributed by atoms with van der Waals surface area (Å²) in [6.07, 6.45) is 40.9. The van der Waals surface area contributed by atoms with Gasteiger partial charge in [0.15, 0.2) is 6.29 Å². The number of nitrogens with one attached hydrogen (secondary N) is 1. The zero-order chi connectivity index (χ0) is 46.7. The van der Waals surface area contributed by atoms with Gasteiger partial charge in [0, 0.05) is 12.8 Å². The topological polar surface area (TPSA) is 175 Å². The van der Waals surface area contributed by atoms with E-state index < -0.39 is 49.5 Å². The van der Waals surface area contributed by atoms with Crippen molar-refractivity contribution >= 4 is 11.9 Å². The number of esters is 1. The SMILES string of the molecule is CCCCC/C=C/CC/C=C/C(O)C(COC1OC(CO)C(O)C(O)C1O)NC(=O)CCCCCCCCCCCCCCCCOC(=O)CCCCCCC/C=C\CCCCCC. The number of allylic oxidation sites excluding steroid dienone is 5. The number of aliphatic hydroxyl groups excluding tert-OH is 5. The molecule has 7 atom stereocenters. The molecule has 1 aliphatic rings. The Morgan fingerprint density at radius 3 is 1.58 bits per heavy atom. The quantitative estimate of drug-likeness (QED) is 0.0196. The maximum absolute atomic E-state index is 12.9. The first kappa shape index (κ1) is 59.9. The number of unbranched alkanes of at least 4 members (excludes halogenated alkanes) is 26. The molecule has 6 N–H and O–H groups in total. The van der Waals surface area contributed by atoms with Gasteiger partial charge in [-0.2, -0.15) is 0 Å². The van der Waals surface area contributed by atoms with Gasteiger partial charge >= 0.3 is 5.97 Å². The lowest BCUT2D eigenvalue weighted by molar-refractivity contribution is -0.302. The molecule has 11 nitrogen and oxygen atoms in total. The highest BCUT2D eigenvalue weighted by Crippen LogP contribution is 2.23.